The van der Waals surface area contributed by atoms with Crippen LogP contribution in [-0.2, 0) is 19.0 Å². The molecule has 0 bridgehead atoms. The molecule has 234 valence electrons. The standard InChI is InChI=1S/C35H43N3O5S/c1-5-26-42-32(40)37-22-25-38(33(41)43-34(2,3)4)24-21-31(39)36-23-27-44-35(28-15-9-6-10-16-28,29-17-11-7-12-18-29)30-19-13-8-14-20-30/h5-20H,1,21-27H2,2-4H3,(H,36,39)(H,37,40). The highest BCUT2D eigenvalue weighted by Gasteiger charge is 2.36. The summed E-state index contributed by atoms with van der Waals surface area (Å²) in [5.41, 5.74) is 2.77. The summed E-state index contributed by atoms with van der Waals surface area (Å²) in [6.45, 7) is 9.81. The number of hydrogen-bond acceptors (Lipinski definition) is 6. The van der Waals surface area contributed by atoms with Gasteiger partial charge in [-0.1, -0.05) is 104 Å². The minimum atomic E-state index is -0.701. The summed E-state index contributed by atoms with van der Waals surface area (Å²) >= 11 is 1.77. The Morgan fingerprint density at radius 1 is 0.795 bits per heavy atom. The number of rotatable bonds is 15. The van der Waals surface area contributed by atoms with E-state index in [2.05, 4.69) is 90.0 Å². The molecule has 0 spiro atoms. The van der Waals surface area contributed by atoms with E-state index in [-0.39, 0.29) is 38.6 Å². The summed E-state index contributed by atoms with van der Waals surface area (Å²) in [6, 6.07) is 31.2. The molecule has 0 heterocycles. The average Bonchev–Trinajstić information content (AvgIpc) is 3.02. The molecule has 0 aromatic heterocycles. The van der Waals surface area contributed by atoms with E-state index in [9.17, 15) is 14.4 Å². The van der Waals surface area contributed by atoms with E-state index < -0.39 is 22.5 Å². The molecule has 44 heavy (non-hydrogen) atoms. The number of benzene rings is 3. The predicted molar refractivity (Wildman–Crippen MR) is 177 cm³/mol. The van der Waals surface area contributed by atoms with Crippen molar-refractivity contribution >= 4 is 29.9 Å². The Kier molecular flexibility index (Phi) is 13.4. The molecule has 0 fully saturated rings. The Balaban J connectivity index is 1.64. The lowest BCUT2D eigenvalue weighted by molar-refractivity contribution is -0.121. The molecule has 3 rings (SSSR count). The van der Waals surface area contributed by atoms with Crippen LogP contribution in [0.5, 0.6) is 0 Å². The lowest BCUT2D eigenvalue weighted by Crippen LogP contribution is -2.43. The molecule has 3 amide bonds. The molecule has 3 aromatic rings. The van der Waals surface area contributed by atoms with Gasteiger partial charge < -0.3 is 25.0 Å². The van der Waals surface area contributed by atoms with E-state index in [4.69, 9.17) is 9.47 Å². The van der Waals surface area contributed by atoms with Gasteiger partial charge in [-0.3, -0.25) is 4.79 Å². The number of amides is 3. The lowest BCUT2D eigenvalue weighted by Gasteiger charge is -2.35. The van der Waals surface area contributed by atoms with Crippen LogP contribution in [0.25, 0.3) is 0 Å². The summed E-state index contributed by atoms with van der Waals surface area (Å²) in [5.74, 6) is 0.471. The lowest BCUT2D eigenvalue weighted by atomic mass is 9.84. The highest BCUT2D eigenvalue weighted by atomic mass is 32.2. The Morgan fingerprint density at radius 3 is 1.80 bits per heavy atom. The van der Waals surface area contributed by atoms with Gasteiger partial charge >= 0.3 is 12.2 Å². The van der Waals surface area contributed by atoms with E-state index >= 15 is 0 Å². The number of alkyl carbamates (subject to hydrolysis) is 1. The van der Waals surface area contributed by atoms with E-state index in [1.807, 2.05) is 18.2 Å². The maximum Gasteiger partial charge on any atom is 0.410 e. The van der Waals surface area contributed by atoms with Gasteiger partial charge in [0.15, 0.2) is 0 Å². The molecular weight excluding hydrogens is 574 g/mol. The maximum absolute atomic E-state index is 12.9. The number of carbonyl (C=O) groups excluding carboxylic acids is 3. The van der Waals surface area contributed by atoms with Crippen LogP contribution in [-0.4, -0.2) is 67.1 Å². The fourth-order valence-electron chi connectivity index (χ4n) is 4.59. The third-order valence-corrected chi connectivity index (χ3v) is 8.08. The molecular formula is C35H43N3O5S. The van der Waals surface area contributed by atoms with Gasteiger partial charge in [0, 0.05) is 38.4 Å². The molecule has 0 unspecified atom stereocenters. The highest BCUT2D eigenvalue weighted by molar-refractivity contribution is 8.00. The second-order valence-electron chi connectivity index (χ2n) is 11.0. The van der Waals surface area contributed by atoms with Crippen LogP contribution in [0.2, 0.25) is 0 Å². The first-order valence-corrected chi connectivity index (χ1v) is 15.7. The first-order valence-electron chi connectivity index (χ1n) is 14.7. The first-order chi connectivity index (χ1) is 21.2. The summed E-state index contributed by atoms with van der Waals surface area (Å²) in [7, 11) is 0. The normalized spacial score (nSPS) is 11.2. The molecule has 2 N–H and O–H groups in total. The van der Waals surface area contributed by atoms with E-state index in [1.54, 1.807) is 32.5 Å². The van der Waals surface area contributed by atoms with Gasteiger partial charge in [-0.15, -0.1) is 11.8 Å². The molecule has 8 nitrogen and oxygen atoms in total. The molecule has 9 heteroatoms. The van der Waals surface area contributed by atoms with Crippen LogP contribution in [0.4, 0.5) is 9.59 Å². The topological polar surface area (TPSA) is 97.0 Å². The molecule has 0 aliphatic heterocycles. The third kappa shape index (κ3) is 10.5. The number of carbonyl (C=O) groups is 3. The van der Waals surface area contributed by atoms with Crippen molar-refractivity contribution in [3.05, 3.63) is 120 Å². The van der Waals surface area contributed by atoms with Gasteiger partial charge in [-0.2, -0.15) is 0 Å². The molecule has 0 saturated heterocycles. The van der Waals surface area contributed by atoms with Crippen molar-refractivity contribution < 1.29 is 23.9 Å². The number of hydrogen-bond donors (Lipinski definition) is 2. The fourth-order valence-corrected chi connectivity index (χ4v) is 6.01. The summed E-state index contributed by atoms with van der Waals surface area (Å²) in [6.07, 6.45) is 0.392. The zero-order valence-electron chi connectivity index (χ0n) is 25.8. The largest absolute Gasteiger partial charge is 0.445 e. The van der Waals surface area contributed by atoms with Crippen LogP contribution in [0.1, 0.15) is 43.9 Å². The number of ether oxygens (including phenoxy) is 2. The molecule has 0 aliphatic rings. The van der Waals surface area contributed by atoms with Crippen LogP contribution in [0, 0.1) is 0 Å². The number of thioether (sulfide) groups is 1. The molecule has 0 aliphatic carbocycles. The second kappa shape index (κ2) is 17.2. The van der Waals surface area contributed by atoms with Crippen LogP contribution in [0.15, 0.2) is 104 Å². The third-order valence-electron chi connectivity index (χ3n) is 6.53. The van der Waals surface area contributed by atoms with Crippen LogP contribution in [0.3, 0.4) is 0 Å². The highest BCUT2D eigenvalue weighted by Crippen LogP contribution is 2.48. The zero-order chi connectivity index (χ0) is 31.8. The van der Waals surface area contributed by atoms with Crippen molar-refractivity contribution in [3.63, 3.8) is 0 Å². The van der Waals surface area contributed by atoms with Gasteiger partial charge in [-0.05, 0) is 37.5 Å². The quantitative estimate of drug-likeness (QED) is 0.117. The van der Waals surface area contributed by atoms with Crippen LogP contribution >= 0.6 is 11.8 Å². The molecule has 0 atom stereocenters. The molecule has 3 aromatic carbocycles. The van der Waals surface area contributed by atoms with E-state index in [0.717, 1.165) is 16.7 Å². The fraction of sp³-hybridized carbons (Fsp3) is 0.343. The van der Waals surface area contributed by atoms with Gasteiger partial charge in [-0.25, -0.2) is 9.59 Å². The van der Waals surface area contributed by atoms with Gasteiger partial charge in [0.2, 0.25) is 5.91 Å². The zero-order valence-corrected chi connectivity index (χ0v) is 26.6. The van der Waals surface area contributed by atoms with E-state index in [1.165, 1.54) is 11.0 Å². The monoisotopic (exact) mass is 617 g/mol. The Bertz CT molecular complexity index is 1230. The number of nitrogens with one attached hydrogen (secondary N) is 2. The Hall–Kier alpha value is -4.24. The number of nitrogens with zero attached hydrogens (tertiary/aromatic N) is 1. The predicted octanol–water partition coefficient (Wildman–Crippen LogP) is 6.37. The van der Waals surface area contributed by atoms with Crippen molar-refractivity contribution in [2.45, 2.75) is 37.5 Å². The van der Waals surface area contributed by atoms with E-state index in [0.29, 0.717) is 12.3 Å². The molecule has 0 radical (unpaired) electrons. The van der Waals surface area contributed by atoms with Crippen LogP contribution < -0.4 is 10.6 Å². The first kappa shape index (κ1) is 34.3. The Morgan fingerprint density at radius 2 is 1.32 bits per heavy atom. The second-order valence-corrected chi connectivity index (χ2v) is 12.3. The summed E-state index contributed by atoms with van der Waals surface area (Å²) in [4.78, 5) is 38.9. The Labute approximate surface area is 265 Å². The van der Waals surface area contributed by atoms with Crippen molar-refractivity contribution in [3.8, 4) is 0 Å². The SMILES string of the molecule is C=CCOC(=O)NCCN(CCC(=O)NCCSC(c1ccccc1)(c1ccccc1)c1ccccc1)C(=O)OC(C)(C)C. The van der Waals surface area contributed by atoms with Crippen molar-refractivity contribution in [1.29, 1.82) is 0 Å². The summed E-state index contributed by atoms with van der Waals surface area (Å²) in [5, 5.41) is 5.60. The smallest absolute Gasteiger partial charge is 0.410 e. The van der Waals surface area contributed by atoms with Gasteiger partial charge in [0.25, 0.3) is 0 Å². The van der Waals surface area contributed by atoms with Crippen molar-refractivity contribution in [2.75, 3.05) is 38.5 Å². The van der Waals surface area contributed by atoms with Crippen molar-refractivity contribution in [1.82, 2.24) is 15.5 Å². The minimum Gasteiger partial charge on any atom is -0.445 e. The minimum absolute atomic E-state index is 0.0865. The average molecular weight is 618 g/mol. The van der Waals surface area contributed by atoms with Crippen molar-refractivity contribution in [2.24, 2.45) is 0 Å². The maximum atomic E-state index is 12.9. The van der Waals surface area contributed by atoms with Gasteiger partial charge in [0.05, 0.1) is 4.75 Å². The summed E-state index contributed by atoms with van der Waals surface area (Å²) < 4.78 is 9.95. The molecule has 0 saturated carbocycles. The van der Waals surface area contributed by atoms with Gasteiger partial charge in [0.1, 0.15) is 12.2 Å².